The second-order valence-electron chi connectivity index (χ2n) is 5.11. The number of anilines is 1. The van der Waals surface area contributed by atoms with Gasteiger partial charge in [0.2, 0.25) is 0 Å². The first kappa shape index (κ1) is 19.6. The quantitative estimate of drug-likeness (QED) is 0.768. The first-order valence-electron chi connectivity index (χ1n) is 7.05. The Balaban J connectivity index is 2.33. The van der Waals surface area contributed by atoms with Gasteiger partial charge in [-0.2, -0.15) is 8.78 Å². The number of alkyl halides is 2. The van der Waals surface area contributed by atoms with E-state index in [2.05, 4.69) is 10.1 Å². The summed E-state index contributed by atoms with van der Waals surface area (Å²) in [5, 5.41) is 2.19. The molecule has 0 aromatic heterocycles. The average molecular weight is 389 g/mol. The van der Waals surface area contributed by atoms with E-state index in [4.69, 9.17) is 4.74 Å². The van der Waals surface area contributed by atoms with Crippen molar-refractivity contribution in [3.63, 3.8) is 0 Å². The molecule has 6 nitrogen and oxygen atoms in total. The fourth-order valence-corrected chi connectivity index (χ4v) is 2.68. The van der Waals surface area contributed by atoms with Crippen LogP contribution >= 0.6 is 0 Å². The van der Waals surface area contributed by atoms with Gasteiger partial charge in [0.25, 0.3) is 5.91 Å². The van der Waals surface area contributed by atoms with E-state index >= 15 is 0 Å². The van der Waals surface area contributed by atoms with Crippen LogP contribution in [0, 0.1) is 5.82 Å². The zero-order chi connectivity index (χ0) is 19.5. The number of methoxy groups -OCH3 is 1. The van der Waals surface area contributed by atoms with Crippen LogP contribution in [0.1, 0.15) is 10.4 Å². The SMILES string of the molecule is COc1ccc(C(=O)Nc2cc(S(C)(=O)=O)ccc2F)cc1OC(F)F. The van der Waals surface area contributed by atoms with E-state index in [1.807, 2.05) is 0 Å². The molecule has 0 saturated heterocycles. The lowest BCUT2D eigenvalue weighted by Crippen LogP contribution is -2.14. The van der Waals surface area contributed by atoms with Gasteiger partial charge in [0.05, 0.1) is 17.7 Å². The Kier molecular flexibility index (Phi) is 5.76. The predicted molar refractivity (Wildman–Crippen MR) is 87.1 cm³/mol. The summed E-state index contributed by atoms with van der Waals surface area (Å²) in [6, 6.07) is 6.40. The average Bonchev–Trinajstić information content (AvgIpc) is 2.55. The highest BCUT2D eigenvalue weighted by molar-refractivity contribution is 7.90. The molecular weight excluding hydrogens is 375 g/mol. The number of hydrogen-bond donors (Lipinski definition) is 1. The summed E-state index contributed by atoms with van der Waals surface area (Å²) in [4.78, 5) is 12.1. The van der Waals surface area contributed by atoms with Crippen LogP contribution in [-0.2, 0) is 9.84 Å². The number of halogens is 3. The van der Waals surface area contributed by atoms with Gasteiger partial charge in [0, 0.05) is 11.8 Å². The van der Waals surface area contributed by atoms with Crippen molar-refractivity contribution in [1.29, 1.82) is 0 Å². The lowest BCUT2D eigenvalue weighted by molar-refractivity contribution is -0.0512. The maximum atomic E-state index is 13.9. The molecule has 26 heavy (non-hydrogen) atoms. The highest BCUT2D eigenvalue weighted by atomic mass is 32.2. The van der Waals surface area contributed by atoms with Crippen molar-refractivity contribution >= 4 is 21.4 Å². The molecule has 0 unspecified atom stereocenters. The van der Waals surface area contributed by atoms with Crippen LogP contribution in [0.25, 0.3) is 0 Å². The molecule has 0 aliphatic heterocycles. The molecule has 2 aromatic rings. The van der Waals surface area contributed by atoms with Gasteiger partial charge in [-0.3, -0.25) is 4.79 Å². The molecule has 2 rings (SSSR count). The van der Waals surface area contributed by atoms with Gasteiger partial charge in [-0.05, 0) is 36.4 Å². The number of nitrogens with one attached hydrogen (secondary N) is 1. The van der Waals surface area contributed by atoms with Gasteiger partial charge in [-0.25, -0.2) is 12.8 Å². The Morgan fingerprint density at radius 3 is 2.38 bits per heavy atom. The van der Waals surface area contributed by atoms with Crippen molar-refractivity contribution in [2.45, 2.75) is 11.5 Å². The van der Waals surface area contributed by atoms with E-state index in [0.29, 0.717) is 0 Å². The van der Waals surface area contributed by atoms with E-state index in [9.17, 15) is 26.4 Å². The standard InChI is InChI=1S/C16H14F3NO5S/c1-24-13-6-3-9(7-14(13)25-16(18)19)15(21)20-12-8-10(26(2,22)23)4-5-11(12)17/h3-8,16H,1-2H3,(H,20,21). The summed E-state index contributed by atoms with van der Waals surface area (Å²) in [6.07, 6.45) is 0.934. The summed E-state index contributed by atoms with van der Waals surface area (Å²) < 4.78 is 70.9. The number of carbonyl (C=O) groups excluding carboxylic acids is 1. The summed E-state index contributed by atoms with van der Waals surface area (Å²) in [7, 11) is -2.37. The minimum absolute atomic E-state index is 0.0212. The molecular formula is C16H14F3NO5S. The number of hydrogen-bond acceptors (Lipinski definition) is 5. The summed E-state index contributed by atoms with van der Waals surface area (Å²) in [5.74, 6) is -2.10. The third-order valence-corrected chi connectivity index (χ3v) is 4.37. The molecule has 1 N–H and O–H groups in total. The maximum absolute atomic E-state index is 13.9. The van der Waals surface area contributed by atoms with Crippen molar-refractivity contribution in [3.05, 3.63) is 47.8 Å². The van der Waals surface area contributed by atoms with E-state index in [0.717, 1.165) is 30.5 Å². The predicted octanol–water partition coefficient (Wildman–Crippen LogP) is 3.09. The van der Waals surface area contributed by atoms with Gasteiger partial charge in [-0.15, -0.1) is 0 Å². The van der Waals surface area contributed by atoms with Crippen molar-refractivity contribution < 1.29 is 35.9 Å². The van der Waals surface area contributed by atoms with Crippen LogP contribution in [-0.4, -0.2) is 34.3 Å². The second kappa shape index (κ2) is 7.65. The fourth-order valence-electron chi connectivity index (χ4n) is 2.03. The topological polar surface area (TPSA) is 81.7 Å². The zero-order valence-electron chi connectivity index (χ0n) is 13.6. The molecule has 0 atom stereocenters. The molecule has 0 radical (unpaired) electrons. The Bertz CT molecular complexity index is 931. The third-order valence-electron chi connectivity index (χ3n) is 3.26. The molecule has 0 aliphatic carbocycles. The van der Waals surface area contributed by atoms with Gasteiger partial charge < -0.3 is 14.8 Å². The number of carbonyl (C=O) groups is 1. The van der Waals surface area contributed by atoms with E-state index in [-0.39, 0.29) is 27.6 Å². The number of ether oxygens (including phenoxy) is 2. The van der Waals surface area contributed by atoms with Gasteiger partial charge in [0.15, 0.2) is 21.3 Å². The van der Waals surface area contributed by atoms with E-state index in [1.165, 1.54) is 19.2 Å². The van der Waals surface area contributed by atoms with Crippen LogP contribution < -0.4 is 14.8 Å². The molecule has 0 fully saturated rings. The smallest absolute Gasteiger partial charge is 0.387 e. The van der Waals surface area contributed by atoms with Crippen molar-refractivity contribution in [1.82, 2.24) is 0 Å². The zero-order valence-corrected chi connectivity index (χ0v) is 14.4. The number of sulfone groups is 1. The summed E-state index contributed by atoms with van der Waals surface area (Å²) in [6.45, 7) is -3.13. The molecule has 0 aliphatic rings. The highest BCUT2D eigenvalue weighted by Gasteiger charge is 2.17. The van der Waals surface area contributed by atoms with Gasteiger partial charge in [0.1, 0.15) is 5.82 Å². The number of rotatable bonds is 6. The summed E-state index contributed by atoms with van der Waals surface area (Å²) in [5.41, 5.74) is -0.490. The molecule has 140 valence electrons. The third kappa shape index (κ3) is 4.66. The Morgan fingerprint density at radius 1 is 1.12 bits per heavy atom. The van der Waals surface area contributed by atoms with Crippen molar-refractivity contribution in [3.8, 4) is 11.5 Å². The van der Waals surface area contributed by atoms with Crippen LogP contribution in [0.15, 0.2) is 41.3 Å². The Morgan fingerprint density at radius 2 is 1.81 bits per heavy atom. The molecule has 0 saturated carbocycles. The highest BCUT2D eigenvalue weighted by Crippen LogP contribution is 2.30. The molecule has 0 heterocycles. The fraction of sp³-hybridized carbons (Fsp3) is 0.188. The van der Waals surface area contributed by atoms with Crippen LogP contribution in [0.2, 0.25) is 0 Å². The molecule has 0 bridgehead atoms. The van der Waals surface area contributed by atoms with E-state index < -0.39 is 28.2 Å². The van der Waals surface area contributed by atoms with E-state index in [1.54, 1.807) is 0 Å². The number of amides is 1. The minimum Gasteiger partial charge on any atom is -0.493 e. The number of benzene rings is 2. The van der Waals surface area contributed by atoms with Crippen LogP contribution in [0.5, 0.6) is 11.5 Å². The normalized spacial score (nSPS) is 11.3. The minimum atomic E-state index is -3.61. The van der Waals surface area contributed by atoms with Gasteiger partial charge in [-0.1, -0.05) is 0 Å². The van der Waals surface area contributed by atoms with Crippen LogP contribution in [0.4, 0.5) is 18.9 Å². The van der Waals surface area contributed by atoms with Crippen LogP contribution in [0.3, 0.4) is 0 Å². The maximum Gasteiger partial charge on any atom is 0.387 e. The van der Waals surface area contributed by atoms with Gasteiger partial charge >= 0.3 is 6.61 Å². The lowest BCUT2D eigenvalue weighted by atomic mass is 10.2. The summed E-state index contributed by atoms with van der Waals surface area (Å²) >= 11 is 0. The molecule has 2 aromatic carbocycles. The molecule has 10 heteroatoms. The first-order chi connectivity index (χ1) is 12.1. The Labute approximate surface area is 147 Å². The second-order valence-corrected chi connectivity index (χ2v) is 7.13. The first-order valence-corrected chi connectivity index (χ1v) is 8.94. The monoisotopic (exact) mass is 389 g/mol. The van der Waals surface area contributed by atoms with Crippen molar-refractivity contribution in [2.24, 2.45) is 0 Å². The van der Waals surface area contributed by atoms with Crippen molar-refractivity contribution in [2.75, 3.05) is 18.7 Å². The lowest BCUT2D eigenvalue weighted by Gasteiger charge is -2.12. The largest absolute Gasteiger partial charge is 0.493 e. The molecule has 1 amide bonds. The Hall–Kier alpha value is -2.75. The molecule has 0 spiro atoms.